The van der Waals surface area contributed by atoms with E-state index in [0.717, 1.165) is 22.3 Å². The first-order chi connectivity index (χ1) is 8.69. The molecular formula is C14H16BrN3. The molecule has 0 saturated heterocycles. The lowest BCUT2D eigenvalue weighted by Crippen LogP contribution is -2.20. The Hall–Kier alpha value is -1.26. The van der Waals surface area contributed by atoms with Crippen LogP contribution in [0.4, 0.5) is 0 Å². The molecule has 0 aromatic carbocycles. The van der Waals surface area contributed by atoms with Crippen LogP contribution in [-0.4, -0.2) is 17.0 Å². The van der Waals surface area contributed by atoms with Gasteiger partial charge < -0.3 is 5.32 Å². The van der Waals surface area contributed by atoms with Crippen LogP contribution in [0.2, 0.25) is 0 Å². The third-order valence-electron chi connectivity index (χ3n) is 2.84. The third kappa shape index (κ3) is 3.37. The van der Waals surface area contributed by atoms with Gasteiger partial charge in [-0.25, -0.2) is 0 Å². The average molecular weight is 306 g/mol. The Balaban J connectivity index is 2.17. The lowest BCUT2D eigenvalue weighted by atomic mass is 10.1. The molecule has 3 nitrogen and oxygen atoms in total. The van der Waals surface area contributed by atoms with Crippen molar-refractivity contribution in [3.05, 3.63) is 58.1 Å². The van der Waals surface area contributed by atoms with E-state index in [9.17, 15) is 0 Å². The molecule has 0 bridgehead atoms. The fourth-order valence-electron chi connectivity index (χ4n) is 1.84. The standard InChI is InChI=1S/C14H16BrN3/c1-10-5-6-17-14(7-10)13(16-2)8-12-4-3-11(15)9-18-12/h3-7,9,13,16H,8H2,1-2H3. The van der Waals surface area contributed by atoms with Crippen LogP contribution in [0.3, 0.4) is 0 Å². The van der Waals surface area contributed by atoms with Crippen molar-refractivity contribution < 1.29 is 0 Å². The van der Waals surface area contributed by atoms with Crippen LogP contribution in [0, 0.1) is 6.92 Å². The van der Waals surface area contributed by atoms with Crippen LogP contribution in [0.1, 0.15) is 23.0 Å². The highest BCUT2D eigenvalue weighted by atomic mass is 79.9. The van der Waals surface area contributed by atoms with Gasteiger partial charge in [0.1, 0.15) is 0 Å². The fourth-order valence-corrected chi connectivity index (χ4v) is 2.08. The molecule has 1 atom stereocenters. The Labute approximate surface area is 116 Å². The van der Waals surface area contributed by atoms with Gasteiger partial charge >= 0.3 is 0 Å². The summed E-state index contributed by atoms with van der Waals surface area (Å²) in [5.41, 5.74) is 3.34. The largest absolute Gasteiger partial charge is 0.311 e. The van der Waals surface area contributed by atoms with Crippen LogP contribution >= 0.6 is 15.9 Å². The van der Waals surface area contributed by atoms with E-state index in [2.05, 4.69) is 44.2 Å². The van der Waals surface area contributed by atoms with E-state index >= 15 is 0 Å². The van der Waals surface area contributed by atoms with Gasteiger partial charge in [0.05, 0.1) is 11.7 Å². The minimum atomic E-state index is 0.193. The minimum absolute atomic E-state index is 0.193. The van der Waals surface area contributed by atoms with Crippen LogP contribution in [-0.2, 0) is 6.42 Å². The first kappa shape index (κ1) is 13.2. The predicted molar refractivity (Wildman–Crippen MR) is 76.4 cm³/mol. The van der Waals surface area contributed by atoms with Crippen molar-refractivity contribution in [2.24, 2.45) is 0 Å². The van der Waals surface area contributed by atoms with Crippen LogP contribution in [0.25, 0.3) is 0 Å². The maximum atomic E-state index is 4.42. The molecule has 0 aliphatic rings. The van der Waals surface area contributed by atoms with Crippen LogP contribution < -0.4 is 5.32 Å². The van der Waals surface area contributed by atoms with Crippen molar-refractivity contribution in [3.63, 3.8) is 0 Å². The van der Waals surface area contributed by atoms with Crippen molar-refractivity contribution >= 4 is 15.9 Å². The lowest BCUT2D eigenvalue weighted by Gasteiger charge is -2.15. The van der Waals surface area contributed by atoms with Gasteiger partial charge in [-0.2, -0.15) is 0 Å². The van der Waals surface area contributed by atoms with E-state index < -0.39 is 0 Å². The minimum Gasteiger partial charge on any atom is -0.311 e. The summed E-state index contributed by atoms with van der Waals surface area (Å²) < 4.78 is 1.00. The van der Waals surface area contributed by atoms with Gasteiger partial charge in [-0.15, -0.1) is 0 Å². The summed E-state index contributed by atoms with van der Waals surface area (Å²) in [6, 6.07) is 8.36. The van der Waals surface area contributed by atoms with Crippen molar-refractivity contribution in [1.82, 2.24) is 15.3 Å². The monoisotopic (exact) mass is 305 g/mol. The van der Waals surface area contributed by atoms with Gasteiger partial charge in [0.25, 0.3) is 0 Å². The number of likely N-dealkylation sites (N-methyl/N-ethyl adjacent to an activating group) is 1. The number of nitrogens with zero attached hydrogens (tertiary/aromatic N) is 2. The highest BCUT2D eigenvalue weighted by Gasteiger charge is 2.12. The van der Waals surface area contributed by atoms with Crippen molar-refractivity contribution in [2.45, 2.75) is 19.4 Å². The number of pyridine rings is 2. The molecule has 0 fully saturated rings. The van der Waals surface area contributed by atoms with Crippen molar-refractivity contribution in [2.75, 3.05) is 7.05 Å². The lowest BCUT2D eigenvalue weighted by molar-refractivity contribution is 0.568. The van der Waals surface area contributed by atoms with E-state index in [1.54, 1.807) is 0 Å². The number of nitrogens with one attached hydrogen (secondary N) is 1. The molecule has 4 heteroatoms. The van der Waals surface area contributed by atoms with Gasteiger partial charge in [0.15, 0.2) is 0 Å². The first-order valence-corrected chi connectivity index (χ1v) is 6.68. The molecule has 1 N–H and O–H groups in total. The molecule has 0 aliphatic carbocycles. The summed E-state index contributed by atoms with van der Waals surface area (Å²) in [6.45, 7) is 2.08. The van der Waals surface area contributed by atoms with E-state index in [1.165, 1.54) is 5.56 Å². The second kappa shape index (κ2) is 6.07. The normalized spacial score (nSPS) is 12.4. The highest BCUT2D eigenvalue weighted by molar-refractivity contribution is 9.10. The summed E-state index contributed by atoms with van der Waals surface area (Å²) in [7, 11) is 1.95. The molecule has 1 unspecified atom stereocenters. The second-order valence-corrected chi connectivity index (χ2v) is 5.19. The molecular weight excluding hydrogens is 290 g/mol. The summed E-state index contributed by atoms with van der Waals surface area (Å²) in [6.07, 6.45) is 4.51. The quantitative estimate of drug-likeness (QED) is 0.943. The summed E-state index contributed by atoms with van der Waals surface area (Å²) in [5.74, 6) is 0. The number of rotatable bonds is 4. The Kier molecular flexibility index (Phi) is 4.44. The van der Waals surface area contributed by atoms with Crippen LogP contribution in [0.15, 0.2) is 41.1 Å². The first-order valence-electron chi connectivity index (χ1n) is 5.89. The maximum Gasteiger partial charge on any atom is 0.0579 e. The topological polar surface area (TPSA) is 37.8 Å². The smallest absolute Gasteiger partial charge is 0.0579 e. The van der Waals surface area contributed by atoms with Gasteiger partial charge in [0.2, 0.25) is 0 Å². The predicted octanol–water partition coefficient (Wildman–Crippen LogP) is 3.05. The summed E-state index contributed by atoms with van der Waals surface area (Å²) >= 11 is 3.39. The molecule has 2 aromatic rings. The SMILES string of the molecule is CNC(Cc1ccc(Br)cn1)c1cc(C)ccn1. The molecule has 0 amide bonds. The molecule has 0 spiro atoms. The molecule has 0 saturated carbocycles. The zero-order valence-corrected chi connectivity index (χ0v) is 12.1. The summed E-state index contributed by atoms with van der Waals surface area (Å²) in [4.78, 5) is 8.82. The number of aryl methyl sites for hydroxylation is 1. The molecule has 0 radical (unpaired) electrons. The molecule has 2 rings (SSSR count). The Bertz CT molecular complexity index is 511. The van der Waals surface area contributed by atoms with Crippen molar-refractivity contribution in [3.8, 4) is 0 Å². The Morgan fingerprint density at radius 1 is 1.28 bits per heavy atom. The summed E-state index contributed by atoms with van der Waals surface area (Å²) in [5, 5.41) is 3.29. The molecule has 2 aromatic heterocycles. The number of hydrogen-bond acceptors (Lipinski definition) is 3. The fraction of sp³-hybridized carbons (Fsp3) is 0.286. The maximum absolute atomic E-state index is 4.42. The van der Waals surface area contributed by atoms with E-state index in [4.69, 9.17) is 0 Å². The van der Waals surface area contributed by atoms with E-state index in [-0.39, 0.29) is 6.04 Å². The van der Waals surface area contributed by atoms with Gasteiger partial charge in [-0.1, -0.05) is 0 Å². The van der Waals surface area contributed by atoms with E-state index in [1.807, 2.05) is 37.6 Å². The van der Waals surface area contributed by atoms with Gasteiger partial charge in [-0.05, 0) is 59.7 Å². The zero-order chi connectivity index (χ0) is 13.0. The van der Waals surface area contributed by atoms with Gasteiger partial charge in [0, 0.05) is 29.0 Å². The Morgan fingerprint density at radius 3 is 2.72 bits per heavy atom. The molecule has 2 heterocycles. The van der Waals surface area contributed by atoms with Crippen molar-refractivity contribution in [1.29, 1.82) is 0 Å². The molecule has 0 aliphatic heterocycles. The molecule has 18 heavy (non-hydrogen) atoms. The average Bonchev–Trinajstić information content (AvgIpc) is 2.38. The molecule has 94 valence electrons. The van der Waals surface area contributed by atoms with Crippen LogP contribution in [0.5, 0.6) is 0 Å². The zero-order valence-electron chi connectivity index (χ0n) is 10.5. The van der Waals surface area contributed by atoms with E-state index in [0.29, 0.717) is 0 Å². The number of hydrogen-bond donors (Lipinski definition) is 1. The number of halogens is 1. The van der Waals surface area contributed by atoms with Gasteiger partial charge in [-0.3, -0.25) is 9.97 Å². The second-order valence-electron chi connectivity index (χ2n) is 4.27. The third-order valence-corrected chi connectivity index (χ3v) is 3.31. The number of aromatic nitrogens is 2. The Morgan fingerprint density at radius 2 is 2.11 bits per heavy atom. The highest BCUT2D eigenvalue weighted by Crippen LogP contribution is 2.17.